The maximum absolute atomic E-state index is 6.82. The van der Waals surface area contributed by atoms with Crippen molar-refractivity contribution in [2.75, 3.05) is 0 Å². The molecule has 0 amide bonds. The molecule has 1 heterocycles. The second-order valence-corrected chi connectivity index (χ2v) is 17.0. The van der Waals surface area contributed by atoms with E-state index in [0.717, 1.165) is 12.0 Å². The van der Waals surface area contributed by atoms with Crippen molar-refractivity contribution in [3.8, 4) is 22.3 Å². The number of allylic oxidation sites excluding steroid dienone is 5. The number of hydrogen-bond acceptors (Lipinski definition) is 2. The van der Waals surface area contributed by atoms with Crippen LogP contribution in [0.3, 0.4) is 0 Å². The van der Waals surface area contributed by atoms with Crippen LogP contribution in [0, 0.1) is 0 Å². The van der Waals surface area contributed by atoms with E-state index >= 15 is 0 Å². The van der Waals surface area contributed by atoms with Gasteiger partial charge in [-0.1, -0.05) is 218 Å². The number of aromatic nitrogens is 1. The molecule has 0 bridgehead atoms. The maximum Gasteiger partial charge on any atom is 0.0817 e. The number of nitrogens with zero attached hydrogens (tertiary/aromatic N) is 1. The molecule has 63 heavy (non-hydrogen) atoms. The summed E-state index contributed by atoms with van der Waals surface area (Å²) < 4.78 is 2.61. The molecule has 3 heteroatoms. The molecule has 8 aromatic carbocycles. The molecule has 9 aromatic rings. The molecule has 3 atom stereocenters. The van der Waals surface area contributed by atoms with E-state index < -0.39 is 5.41 Å². The number of rotatable bonds is 10. The molecule has 11 rings (SSSR count). The number of nitrogens with one attached hydrogen (secondary N) is 1. The Morgan fingerprint density at radius 2 is 1.21 bits per heavy atom. The van der Waals surface area contributed by atoms with Crippen LogP contribution in [0.4, 0.5) is 0 Å². The van der Waals surface area contributed by atoms with Crippen LogP contribution < -0.4 is 11.1 Å². The van der Waals surface area contributed by atoms with Gasteiger partial charge in [0.05, 0.1) is 29.2 Å². The lowest BCUT2D eigenvalue weighted by Crippen LogP contribution is -2.33. The first-order chi connectivity index (χ1) is 31.1. The molecule has 0 aliphatic heterocycles. The van der Waals surface area contributed by atoms with Gasteiger partial charge in [0.1, 0.15) is 0 Å². The van der Waals surface area contributed by atoms with Crippen LogP contribution in [-0.2, 0) is 5.41 Å². The molecule has 0 saturated carbocycles. The van der Waals surface area contributed by atoms with Gasteiger partial charge < -0.3 is 10.3 Å². The molecule has 3 nitrogen and oxygen atoms in total. The highest BCUT2D eigenvalue weighted by molar-refractivity contribution is 6.18. The van der Waals surface area contributed by atoms with E-state index in [-0.39, 0.29) is 18.2 Å². The van der Waals surface area contributed by atoms with Crippen molar-refractivity contribution in [3.05, 3.63) is 275 Å². The van der Waals surface area contributed by atoms with Gasteiger partial charge in [-0.05, 0) is 92.8 Å². The number of fused-ring (bicyclic) bond motifs is 7. The number of benzene rings is 8. The van der Waals surface area contributed by atoms with Crippen molar-refractivity contribution in [2.45, 2.75) is 37.0 Å². The molecule has 2 aliphatic rings. The predicted octanol–water partition coefficient (Wildman–Crippen LogP) is 14.2. The van der Waals surface area contributed by atoms with E-state index in [1.807, 2.05) is 18.2 Å². The fourth-order valence-electron chi connectivity index (χ4n) is 10.6. The van der Waals surface area contributed by atoms with Gasteiger partial charge in [-0.15, -0.1) is 0 Å². The first kappa shape index (κ1) is 38.6. The maximum atomic E-state index is 6.82. The van der Waals surface area contributed by atoms with E-state index in [1.54, 1.807) is 0 Å². The topological polar surface area (TPSA) is 43.0 Å². The first-order valence-corrected chi connectivity index (χ1v) is 22.1. The van der Waals surface area contributed by atoms with Crippen molar-refractivity contribution >= 4 is 21.8 Å². The molecular weight excluding hydrogens is 763 g/mol. The van der Waals surface area contributed by atoms with Crippen molar-refractivity contribution < 1.29 is 0 Å². The van der Waals surface area contributed by atoms with Crippen molar-refractivity contribution in [1.82, 2.24) is 9.88 Å². The van der Waals surface area contributed by atoms with Gasteiger partial charge in [-0.2, -0.15) is 0 Å². The Balaban J connectivity index is 1.11. The average Bonchev–Trinajstić information content (AvgIpc) is 3.85. The zero-order valence-electron chi connectivity index (χ0n) is 35.4. The summed E-state index contributed by atoms with van der Waals surface area (Å²) in [7, 11) is 0. The lowest BCUT2D eigenvalue weighted by Gasteiger charge is -2.33. The van der Waals surface area contributed by atoms with Crippen molar-refractivity contribution in [3.63, 3.8) is 0 Å². The molecule has 0 spiro atoms. The normalized spacial score (nSPS) is 16.4. The molecule has 3 unspecified atom stereocenters. The van der Waals surface area contributed by atoms with Gasteiger partial charge in [0.25, 0.3) is 0 Å². The summed E-state index contributed by atoms with van der Waals surface area (Å²) in [6.07, 6.45) is 10.00. The van der Waals surface area contributed by atoms with Gasteiger partial charge in [0.15, 0.2) is 0 Å². The van der Waals surface area contributed by atoms with E-state index in [4.69, 9.17) is 5.73 Å². The van der Waals surface area contributed by atoms with Crippen molar-refractivity contribution in [2.24, 2.45) is 5.73 Å². The van der Waals surface area contributed by atoms with E-state index in [0.29, 0.717) is 0 Å². The number of nitrogens with two attached hydrogens (primary N) is 1. The third-order valence-corrected chi connectivity index (χ3v) is 13.4. The predicted molar refractivity (Wildman–Crippen MR) is 263 cm³/mol. The van der Waals surface area contributed by atoms with Crippen LogP contribution >= 0.6 is 0 Å². The van der Waals surface area contributed by atoms with E-state index in [2.05, 4.69) is 229 Å². The Morgan fingerprint density at radius 3 is 1.89 bits per heavy atom. The van der Waals surface area contributed by atoms with Gasteiger partial charge in [-0.25, -0.2) is 0 Å². The third-order valence-electron chi connectivity index (χ3n) is 13.4. The molecule has 0 saturated heterocycles. The van der Waals surface area contributed by atoms with E-state index in [1.165, 1.54) is 83.0 Å². The molecule has 2 aliphatic carbocycles. The van der Waals surface area contributed by atoms with Crippen LogP contribution in [0.5, 0.6) is 0 Å². The quantitative estimate of drug-likeness (QED) is 0.135. The minimum Gasteiger partial charge on any atom is -0.333 e. The summed E-state index contributed by atoms with van der Waals surface area (Å²) in [6.45, 7) is 2.22. The van der Waals surface area contributed by atoms with Gasteiger partial charge >= 0.3 is 0 Å². The Bertz CT molecular complexity index is 3140. The summed E-state index contributed by atoms with van der Waals surface area (Å²) >= 11 is 0. The van der Waals surface area contributed by atoms with Crippen molar-refractivity contribution in [1.29, 1.82) is 0 Å². The van der Waals surface area contributed by atoms with Crippen LogP contribution in [0.15, 0.2) is 242 Å². The molecular formula is C60H49N3. The van der Waals surface area contributed by atoms with Crippen LogP contribution in [0.2, 0.25) is 0 Å². The summed E-state index contributed by atoms with van der Waals surface area (Å²) in [5.41, 5.74) is 23.7. The Morgan fingerprint density at radius 1 is 0.619 bits per heavy atom. The molecule has 0 fully saturated rings. The zero-order valence-corrected chi connectivity index (χ0v) is 35.4. The summed E-state index contributed by atoms with van der Waals surface area (Å²) in [5, 5.41) is 6.34. The number of hydrogen-bond donors (Lipinski definition) is 2. The monoisotopic (exact) mass is 811 g/mol. The van der Waals surface area contributed by atoms with Crippen LogP contribution in [0.25, 0.3) is 44.1 Å². The Kier molecular flexibility index (Phi) is 9.92. The molecule has 3 N–H and O–H groups in total. The minimum atomic E-state index is -0.483. The standard InChI is InChI=1S/C60H49N3/c1-41(58(44-23-9-3-10-24-44)62-59(61)45-25-11-4-12-26-45)38-42-20-19-31-49(39-42)63-54-36-34-46(43-21-7-2-8-22-43)40-51(54)57-55(63)37-35-53-56(57)50-32-17-18-33-52(50)60(53,47-27-13-5-14-28-47)48-29-15-6-16-30-48/h2-30,32-40,49,58-59,62H,31,61H2,1H3/b41-38+. The average molecular weight is 812 g/mol. The zero-order chi connectivity index (χ0) is 42.3. The second kappa shape index (κ2) is 16.2. The Hall–Kier alpha value is -7.30. The lowest BCUT2D eigenvalue weighted by molar-refractivity contribution is 0.493. The fraction of sp³-hybridized carbons (Fsp3) is 0.100. The highest BCUT2D eigenvalue weighted by atomic mass is 15.1. The molecule has 1 aromatic heterocycles. The largest absolute Gasteiger partial charge is 0.333 e. The molecule has 0 radical (unpaired) electrons. The van der Waals surface area contributed by atoms with Gasteiger partial charge in [-0.3, -0.25) is 5.32 Å². The summed E-state index contributed by atoms with van der Waals surface area (Å²) in [6, 6.07) is 75.1. The second-order valence-electron chi connectivity index (χ2n) is 17.0. The summed E-state index contributed by atoms with van der Waals surface area (Å²) in [4.78, 5) is 0. The van der Waals surface area contributed by atoms with Gasteiger partial charge in [0.2, 0.25) is 0 Å². The fourth-order valence-corrected chi connectivity index (χ4v) is 10.6. The first-order valence-electron chi connectivity index (χ1n) is 22.1. The lowest BCUT2D eigenvalue weighted by atomic mass is 9.67. The SMILES string of the molecule is C/C(=C\C1=CC(n2c3ccc(-c4ccccc4)cc3c3c4c(ccc32)C(c2ccccc2)(c2ccccc2)c2ccccc2-4)CC=C1)C(NC(N)c1ccccc1)c1ccccc1. The Labute approximate surface area is 370 Å². The highest BCUT2D eigenvalue weighted by Crippen LogP contribution is 2.59. The van der Waals surface area contributed by atoms with E-state index in [9.17, 15) is 0 Å². The van der Waals surface area contributed by atoms with Crippen LogP contribution in [-0.4, -0.2) is 4.57 Å². The third kappa shape index (κ3) is 6.60. The smallest absolute Gasteiger partial charge is 0.0817 e. The minimum absolute atomic E-state index is 0.0714. The molecule has 304 valence electrons. The van der Waals surface area contributed by atoms with Gasteiger partial charge in [0, 0.05) is 16.3 Å². The summed E-state index contributed by atoms with van der Waals surface area (Å²) in [5.74, 6) is 0. The highest BCUT2D eigenvalue weighted by Gasteiger charge is 2.47. The van der Waals surface area contributed by atoms with Crippen LogP contribution in [0.1, 0.15) is 65.0 Å².